The summed E-state index contributed by atoms with van der Waals surface area (Å²) in [5, 5.41) is 14.0. The molecule has 0 aromatic heterocycles. The minimum Gasteiger partial charge on any atom is -0.480 e. The number of amides is 4. The molecule has 4 unspecified atom stereocenters. The van der Waals surface area contributed by atoms with E-state index in [2.05, 4.69) is 23.3 Å². The third-order valence-electron chi connectivity index (χ3n) is 4.71. The second kappa shape index (κ2) is 11.7. The highest BCUT2D eigenvalue weighted by atomic mass is 32.1. The first-order chi connectivity index (χ1) is 14.0. The van der Waals surface area contributed by atoms with Gasteiger partial charge in [-0.2, -0.15) is 12.6 Å². The van der Waals surface area contributed by atoms with Gasteiger partial charge in [-0.15, -0.1) is 0 Å². The average Bonchev–Trinajstić information content (AvgIpc) is 3.14. The van der Waals surface area contributed by atoms with Crippen molar-refractivity contribution in [2.45, 2.75) is 63.7 Å². The third-order valence-corrected chi connectivity index (χ3v) is 5.11. The van der Waals surface area contributed by atoms with E-state index in [4.69, 9.17) is 11.5 Å². The Labute approximate surface area is 180 Å². The first-order valence-electron chi connectivity index (χ1n) is 9.76. The normalized spacial score (nSPS) is 19.1. The zero-order valence-electron chi connectivity index (χ0n) is 17.2. The molecule has 1 aliphatic rings. The molecule has 1 rings (SSSR count). The van der Waals surface area contributed by atoms with E-state index in [1.807, 2.05) is 13.8 Å². The molecular weight excluding hydrogens is 414 g/mol. The lowest BCUT2D eigenvalue weighted by molar-refractivity contribution is -0.144. The van der Waals surface area contributed by atoms with Gasteiger partial charge in [0.05, 0.1) is 12.5 Å². The number of carboxylic acid groups (broad SMARTS) is 1. The van der Waals surface area contributed by atoms with Crippen LogP contribution in [-0.2, 0) is 24.0 Å². The monoisotopic (exact) mass is 445 g/mol. The fourth-order valence-electron chi connectivity index (χ4n) is 3.24. The van der Waals surface area contributed by atoms with Gasteiger partial charge in [-0.1, -0.05) is 13.8 Å². The van der Waals surface area contributed by atoms with Crippen molar-refractivity contribution in [3.05, 3.63) is 0 Å². The third kappa shape index (κ3) is 7.48. The van der Waals surface area contributed by atoms with Crippen LogP contribution in [0, 0.1) is 5.92 Å². The minimum atomic E-state index is -1.50. The van der Waals surface area contributed by atoms with Crippen molar-refractivity contribution in [1.82, 2.24) is 15.5 Å². The smallest absolute Gasteiger partial charge is 0.326 e. The molecule has 1 heterocycles. The average molecular weight is 446 g/mol. The number of nitrogens with two attached hydrogens (primary N) is 2. The molecule has 0 saturated carbocycles. The second-order valence-corrected chi connectivity index (χ2v) is 8.10. The van der Waals surface area contributed by atoms with Gasteiger partial charge in [0.15, 0.2) is 0 Å². The van der Waals surface area contributed by atoms with Crippen LogP contribution in [-0.4, -0.2) is 76.1 Å². The Bertz CT molecular complexity index is 673. The Balaban J connectivity index is 2.91. The van der Waals surface area contributed by atoms with E-state index in [-0.39, 0.29) is 24.0 Å². The Morgan fingerprint density at radius 3 is 2.30 bits per heavy atom. The predicted molar refractivity (Wildman–Crippen MR) is 111 cm³/mol. The number of thiol groups is 1. The molecule has 11 nitrogen and oxygen atoms in total. The molecule has 0 aromatic carbocycles. The van der Waals surface area contributed by atoms with Gasteiger partial charge in [-0.05, 0) is 25.2 Å². The summed E-state index contributed by atoms with van der Waals surface area (Å²) in [6.45, 7) is 4.04. The Kier molecular flexibility index (Phi) is 10.1. The summed E-state index contributed by atoms with van der Waals surface area (Å²) in [6.07, 6.45) is 0.698. The number of nitrogens with zero attached hydrogens (tertiary/aromatic N) is 1. The van der Waals surface area contributed by atoms with Crippen molar-refractivity contribution in [2.24, 2.45) is 17.4 Å². The Morgan fingerprint density at radius 1 is 1.17 bits per heavy atom. The van der Waals surface area contributed by atoms with Crippen LogP contribution in [0.15, 0.2) is 0 Å². The number of primary amides is 1. The highest BCUT2D eigenvalue weighted by Gasteiger charge is 2.37. The Morgan fingerprint density at radius 2 is 1.80 bits per heavy atom. The molecule has 170 valence electrons. The molecule has 7 N–H and O–H groups in total. The van der Waals surface area contributed by atoms with Gasteiger partial charge in [-0.3, -0.25) is 19.2 Å². The molecule has 1 saturated heterocycles. The number of hydrogen-bond donors (Lipinski definition) is 6. The van der Waals surface area contributed by atoms with Crippen LogP contribution in [0.4, 0.5) is 0 Å². The van der Waals surface area contributed by atoms with Crippen LogP contribution in [0.1, 0.15) is 39.5 Å². The molecule has 0 bridgehead atoms. The molecule has 0 aliphatic carbocycles. The number of aliphatic carboxylic acids is 1. The van der Waals surface area contributed by atoms with Gasteiger partial charge in [-0.25, -0.2) is 4.79 Å². The number of carboxylic acids is 1. The number of likely N-dealkylation sites (tertiary alicyclic amines) is 1. The van der Waals surface area contributed by atoms with Crippen LogP contribution in [0.5, 0.6) is 0 Å². The van der Waals surface area contributed by atoms with Crippen molar-refractivity contribution >= 4 is 42.2 Å². The molecule has 4 amide bonds. The first-order valence-corrected chi connectivity index (χ1v) is 10.4. The number of carbonyl (C=O) groups excluding carboxylic acids is 4. The zero-order valence-corrected chi connectivity index (χ0v) is 18.1. The largest absolute Gasteiger partial charge is 0.480 e. The van der Waals surface area contributed by atoms with Crippen molar-refractivity contribution in [2.75, 3.05) is 12.3 Å². The van der Waals surface area contributed by atoms with E-state index in [0.717, 1.165) is 0 Å². The van der Waals surface area contributed by atoms with Crippen LogP contribution in [0.2, 0.25) is 0 Å². The highest BCUT2D eigenvalue weighted by Crippen LogP contribution is 2.19. The molecule has 12 heteroatoms. The maximum atomic E-state index is 12.8. The van der Waals surface area contributed by atoms with E-state index in [1.165, 1.54) is 4.90 Å². The lowest BCUT2D eigenvalue weighted by Crippen LogP contribution is -2.57. The molecule has 0 aromatic rings. The summed E-state index contributed by atoms with van der Waals surface area (Å²) in [6, 6.07) is -4.14. The van der Waals surface area contributed by atoms with Gasteiger partial charge in [0.1, 0.15) is 18.1 Å². The van der Waals surface area contributed by atoms with Crippen molar-refractivity contribution in [3.8, 4) is 0 Å². The molecular formula is C18H31N5O6S. The van der Waals surface area contributed by atoms with Crippen LogP contribution in [0.3, 0.4) is 0 Å². The van der Waals surface area contributed by atoms with E-state index >= 15 is 0 Å². The summed E-state index contributed by atoms with van der Waals surface area (Å²) in [4.78, 5) is 61.6. The summed E-state index contributed by atoms with van der Waals surface area (Å²) in [5.74, 6) is -3.81. The van der Waals surface area contributed by atoms with Crippen LogP contribution < -0.4 is 22.1 Å². The van der Waals surface area contributed by atoms with Gasteiger partial charge in [0.25, 0.3) is 0 Å². The molecule has 1 aliphatic heterocycles. The van der Waals surface area contributed by atoms with E-state index in [0.29, 0.717) is 19.4 Å². The number of rotatable bonds is 11. The minimum absolute atomic E-state index is 0.000568. The summed E-state index contributed by atoms with van der Waals surface area (Å²) in [5.41, 5.74) is 10.8. The van der Waals surface area contributed by atoms with Crippen LogP contribution >= 0.6 is 12.6 Å². The lowest BCUT2D eigenvalue weighted by Gasteiger charge is -2.28. The van der Waals surface area contributed by atoms with Crippen molar-refractivity contribution in [3.63, 3.8) is 0 Å². The van der Waals surface area contributed by atoms with Gasteiger partial charge in [0, 0.05) is 12.3 Å². The number of carbonyl (C=O) groups is 5. The topological polar surface area (TPSA) is 185 Å². The zero-order chi connectivity index (χ0) is 23.0. The summed E-state index contributed by atoms with van der Waals surface area (Å²) >= 11 is 4.01. The maximum Gasteiger partial charge on any atom is 0.326 e. The highest BCUT2D eigenvalue weighted by molar-refractivity contribution is 7.80. The van der Waals surface area contributed by atoms with Gasteiger partial charge >= 0.3 is 5.97 Å². The molecule has 0 spiro atoms. The van der Waals surface area contributed by atoms with E-state index in [1.54, 1.807) is 0 Å². The second-order valence-electron chi connectivity index (χ2n) is 7.74. The van der Waals surface area contributed by atoms with Gasteiger partial charge in [0.2, 0.25) is 23.6 Å². The van der Waals surface area contributed by atoms with E-state index in [9.17, 15) is 29.1 Å². The molecule has 30 heavy (non-hydrogen) atoms. The van der Waals surface area contributed by atoms with Crippen LogP contribution in [0.25, 0.3) is 0 Å². The standard InChI is InChI=1S/C18H31N5O6S/c1-9(2)6-11(15(25)22-12(18(28)29)7-14(20)24)21-16(26)13-4-3-5-23(13)17(27)10(19)8-30/h9-13,30H,3-8,19H2,1-2H3,(H2,20,24)(H,21,26)(H,22,25)(H,28,29). The van der Waals surface area contributed by atoms with Crippen molar-refractivity contribution in [1.29, 1.82) is 0 Å². The fraction of sp³-hybridized carbons (Fsp3) is 0.722. The maximum absolute atomic E-state index is 12.8. The van der Waals surface area contributed by atoms with Gasteiger partial charge < -0.3 is 32.1 Å². The molecule has 4 atom stereocenters. The first kappa shape index (κ1) is 25.7. The SMILES string of the molecule is CC(C)CC(NC(=O)C1CCCN1C(=O)C(N)CS)C(=O)NC(CC(N)=O)C(=O)O. The predicted octanol–water partition coefficient (Wildman–Crippen LogP) is -1.79. The van der Waals surface area contributed by atoms with Crippen molar-refractivity contribution < 1.29 is 29.1 Å². The summed E-state index contributed by atoms with van der Waals surface area (Å²) < 4.78 is 0. The molecule has 0 radical (unpaired) electrons. The molecule has 1 fully saturated rings. The fourth-order valence-corrected chi connectivity index (χ4v) is 3.39. The quantitative estimate of drug-likeness (QED) is 0.203. The summed E-state index contributed by atoms with van der Waals surface area (Å²) in [7, 11) is 0. The number of nitrogens with one attached hydrogen (secondary N) is 2. The number of hydrogen-bond acceptors (Lipinski definition) is 7. The Hall–Kier alpha value is -2.34. The van der Waals surface area contributed by atoms with E-state index < -0.39 is 54.3 Å². The lowest BCUT2D eigenvalue weighted by atomic mass is 10.0.